The Labute approximate surface area is 118 Å². The van der Waals surface area contributed by atoms with E-state index in [2.05, 4.69) is 15.9 Å². The molecule has 1 aromatic carbocycles. The van der Waals surface area contributed by atoms with Crippen LogP contribution in [0.3, 0.4) is 0 Å². The zero-order valence-corrected chi connectivity index (χ0v) is 11.9. The third kappa shape index (κ3) is 2.84. The molecular formula is C12H12BrClFNO2. The van der Waals surface area contributed by atoms with Gasteiger partial charge in [-0.2, -0.15) is 0 Å². The lowest BCUT2D eigenvalue weighted by Gasteiger charge is -2.32. The summed E-state index contributed by atoms with van der Waals surface area (Å²) < 4.78 is 19.2. The maximum absolute atomic E-state index is 13.8. The van der Waals surface area contributed by atoms with E-state index in [-0.39, 0.29) is 22.6 Å². The molecule has 2 rings (SSSR count). The van der Waals surface area contributed by atoms with Crippen molar-refractivity contribution in [1.29, 1.82) is 0 Å². The minimum Gasteiger partial charge on any atom is -0.374 e. The van der Waals surface area contributed by atoms with Crippen LogP contribution in [-0.4, -0.2) is 41.9 Å². The van der Waals surface area contributed by atoms with Gasteiger partial charge in [0.05, 0.1) is 23.3 Å². The van der Waals surface area contributed by atoms with Crippen molar-refractivity contribution in [3.8, 4) is 0 Å². The van der Waals surface area contributed by atoms with Crippen LogP contribution in [0, 0.1) is 5.82 Å². The SMILES string of the molecule is O=C(c1cccc(Cl)c1F)N1CCOC(CBr)C1. The highest BCUT2D eigenvalue weighted by molar-refractivity contribution is 9.09. The second kappa shape index (κ2) is 5.99. The number of amides is 1. The van der Waals surface area contributed by atoms with Crippen LogP contribution in [0.2, 0.25) is 5.02 Å². The summed E-state index contributed by atoms with van der Waals surface area (Å²) >= 11 is 8.99. The number of hydrogen-bond donors (Lipinski definition) is 0. The van der Waals surface area contributed by atoms with Gasteiger partial charge in [0, 0.05) is 18.4 Å². The van der Waals surface area contributed by atoms with E-state index in [1.54, 1.807) is 11.0 Å². The Hall–Kier alpha value is -0.650. The monoisotopic (exact) mass is 335 g/mol. The summed E-state index contributed by atoms with van der Waals surface area (Å²) in [4.78, 5) is 13.8. The van der Waals surface area contributed by atoms with Crippen LogP contribution in [0.5, 0.6) is 0 Å². The quantitative estimate of drug-likeness (QED) is 0.777. The average molecular weight is 337 g/mol. The molecule has 0 N–H and O–H groups in total. The molecule has 18 heavy (non-hydrogen) atoms. The van der Waals surface area contributed by atoms with E-state index < -0.39 is 5.82 Å². The highest BCUT2D eigenvalue weighted by Crippen LogP contribution is 2.20. The second-order valence-corrected chi connectivity index (χ2v) is 5.05. The minimum atomic E-state index is -0.661. The van der Waals surface area contributed by atoms with E-state index in [4.69, 9.17) is 16.3 Å². The number of ether oxygens (including phenoxy) is 1. The Morgan fingerprint density at radius 2 is 2.39 bits per heavy atom. The van der Waals surface area contributed by atoms with Gasteiger partial charge >= 0.3 is 0 Å². The highest BCUT2D eigenvalue weighted by atomic mass is 79.9. The van der Waals surface area contributed by atoms with Gasteiger partial charge in [-0.3, -0.25) is 4.79 Å². The van der Waals surface area contributed by atoms with Gasteiger partial charge in [-0.25, -0.2) is 4.39 Å². The Morgan fingerprint density at radius 1 is 1.61 bits per heavy atom. The Kier molecular flexibility index (Phi) is 4.59. The number of benzene rings is 1. The summed E-state index contributed by atoms with van der Waals surface area (Å²) in [6.07, 6.45) is -0.0510. The summed E-state index contributed by atoms with van der Waals surface area (Å²) in [5.74, 6) is -1.00. The first-order valence-corrected chi connectivity index (χ1v) is 7.04. The van der Waals surface area contributed by atoms with Crippen LogP contribution in [0.15, 0.2) is 18.2 Å². The number of halogens is 3. The van der Waals surface area contributed by atoms with Crippen molar-refractivity contribution in [3.05, 3.63) is 34.6 Å². The molecule has 1 heterocycles. The first kappa shape index (κ1) is 13.8. The Morgan fingerprint density at radius 3 is 3.11 bits per heavy atom. The fourth-order valence-electron chi connectivity index (χ4n) is 1.84. The van der Waals surface area contributed by atoms with Gasteiger partial charge in [-0.15, -0.1) is 0 Å². The number of rotatable bonds is 2. The van der Waals surface area contributed by atoms with Gasteiger partial charge in [0.25, 0.3) is 5.91 Å². The van der Waals surface area contributed by atoms with E-state index in [0.29, 0.717) is 25.0 Å². The molecule has 1 aliphatic rings. The summed E-state index contributed by atoms with van der Waals surface area (Å²) in [6.45, 7) is 1.38. The van der Waals surface area contributed by atoms with E-state index >= 15 is 0 Å². The van der Waals surface area contributed by atoms with Crippen LogP contribution < -0.4 is 0 Å². The van der Waals surface area contributed by atoms with Gasteiger partial charge in [0.2, 0.25) is 0 Å². The number of hydrogen-bond acceptors (Lipinski definition) is 2. The van der Waals surface area contributed by atoms with E-state index in [1.165, 1.54) is 12.1 Å². The molecule has 1 fully saturated rings. The van der Waals surface area contributed by atoms with Crippen LogP contribution in [-0.2, 0) is 4.74 Å². The van der Waals surface area contributed by atoms with Crippen LogP contribution in [0.25, 0.3) is 0 Å². The van der Waals surface area contributed by atoms with Gasteiger partial charge in [0.1, 0.15) is 0 Å². The first-order valence-electron chi connectivity index (χ1n) is 5.54. The molecule has 3 nitrogen and oxygen atoms in total. The summed E-state index contributed by atoms with van der Waals surface area (Å²) in [6, 6.07) is 4.44. The number of morpholine rings is 1. The molecule has 1 aliphatic heterocycles. The van der Waals surface area contributed by atoms with E-state index in [0.717, 1.165) is 0 Å². The lowest BCUT2D eigenvalue weighted by molar-refractivity contribution is -0.00982. The normalized spacial score (nSPS) is 19.9. The van der Waals surface area contributed by atoms with Crippen LogP contribution in [0.1, 0.15) is 10.4 Å². The van der Waals surface area contributed by atoms with Crippen molar-refractivity contribution in [2.75, 3.05) is 25.0 Å². The average Bonchev–Trinajstić information content (AvgIpc) is 2.41. The second-order valence-electron chi connectivity index (χ2n) is 4.00. The van der Waals surface area contributed by atoms with Gasteiger partial charge in [-0.05, 0) is 12.1 Å². The zero-order valence-electron chi connectivity index (χ0n) is 9.54. The fraction of sp³-hybridized carbons (Fsp3) is 0.417. The predicted octanol–water partition coefficient (Wildman–Crippen LogP) is 2.72. The van der Waals surface area contributed by atoms with Crippen molar-refractivity contribution in [2.45, 2.75) is 6.10 Å². The van der Waals surface area contributed by atoms with Crippen molar-refractivity contribution in [1.82, 2.24) is 4.90 Å². The highest BCUT2D eigenvalue weighted by Gasteiger charge is 2.26. The summed E-state index contributed by atoms with van der Waals surface area (Å²) in [5, 5.41) is 0.612. The Bertz CT molecular complexity index is 458. The number of nitrogens with zero attached hydrogens (tertiary/aromatic N) is 1. The summed E-state index contributed by atoms with van der Waals surface area (Å²) in [7, 11) is 0. The van der Waals surface area contributed by atoms with E-state index in [9.17, 15) is 9.18 Å². The topological polar surface area (TPSA) is 29.5 Å². The molecule has 1 amide bonds. The molecule has 0 radical (unpaired) electrons. The lowest BCUT2D eigenvalue weighted by Crippen LogP contribution is -2.46. The molecule has 98 valence electrons. The maximum atomic E-state index is 13.8. The standard InChI is InChI=1S/C12H12BrClFNO2/c13-6-8-7-16(4-5-18-8)12(17)9-2-1-3-10(14)11(9)15/h1-3,8H,4-7H2. The smallest absolute Gasteiger partial charge is 0.257 e. The van der Waals surface area contributed by atoms with Crippen LogP contribution >= 0.6 is 27.5 Å². The van der Waals surface area contributed by atoms with Crippen molar-refractivity contribution in [3.63, 3.8) is 0 Å². The van der Waals surface area contributed by atoms with Gasteiger partial charge in [-0.1, -0.05) is 33.6 Å². The number of carbonyl (C=O) groups is 1. The number of alkyl halides is 1. The number of carbonyl (C=O) groups excluding carboxylic acids is 1. The largest absolute Gasteiger partial charge is 0.374 e. The minimum absolute atomic E-state index is 0.0118. The predicted molar refractivity (Wildman–Crippen MR) is 70.8 cm³/mol. The molecule has 0 aliphatic carbocycles. The van der Waals surface area contributed by atoms with Crippen molar-refractivity contribution < 1.29 is 13.9 Å². The molecule has 1 unspecified atom stereocenters. The fourth-order valence-corrected chi connectivity index (χ4v) is 2.40. The van der Waals surface area contributed by atoms with Gasteiger partial charge < -0.3 is 9.64 Å². The molecular weight excluding hydrogens is 324 g/mol. The van der Waals surface area contributed by atoms with Crippen molar-refractivity contribution >= 4 is 33.4 Å². The van der Waals surface area contributed by atoms with E-state index in [1.807, 2.05) is 0 Å². The third-order valence-corrected chi connectivity index (χ3v) is 3.79. The molecule has 0 spiro atoms. The van der Waals surface area contributed by atoms with Crippen molar-refractivity contribution in [2.24, 2.45) is 0 Å². The van der Waals surface area contributed by atoms with Gasteiger partial charge in [0.15, 0.2) is 5.82 Å². The molecule has 1 atom stereocenters. The molecule has 6 heteroatoms. The summed E-state index contributed by atoms with van der Waals surface area (Å²) in [5.41, 5.74) is 0.0118. The molecule has 0 saturated carbocycles. The lowest BCUT2D eigenvalue weighted by atomic mass is 10.1. The Balaban J connectivity index is 2.18. The molecule has 1 aromatic rings. The first-order chi connectivity index (χ1) is 8.63. The third-order valence-electron chi connectivity index (χ3n) is 2.78. The molecule has 0 aromatic heterocycles. The van der Waals surface area contributed by atoms with Crippen LogP contribution in [0.4, 0.5) is 4.39 Å². The molecule has 1 saturated heterocycles. The molecule has 0 bridgehead atoms. The zero-order chi connectivity index (χ0) is 13.1. The maximum Gasteiger partial charge on any atom is 0.257 e.